The molecule has 26 heavy (non-hydrogen) atoms. The number of likely N-dealkylation sites (N-methyl/N-ethyl adjacent to an activating group) is 1. The first kappa shape index (κ1) is 17.2. The molecule has 4 rings (SSSR count). The van der Waals surface area contributed by atoms with Crippen LogP contribution in [0.5, 0.6) is 0 Å². The molecule has 1 fully saturated rings. The van der Waals surface area contributed by atoms with Gasteiger partial charge in [-0.2, -0.15) is 5.10 Å². The highest BCUT2D eigenvalue weighted by Gasteiger charge is 2.22. The molecule has 136 valence electrons. The molecule has 0 aliphatic carbocycles. The van der Waals surface area contributed by atoms with Crippen molar-refractivity contribution >= 4 is 17.0 Å². The molecule has 3 aromatic rings. The van der Waals surface area contributed by atoms with Crippen molar-refractivity contribution < 1.29 is 0 Å². The van der Waals surface area contributed by atoms with Crippen molar-refractivity contribution in [2.24, 2.45) is 0 Å². The maximum atomic E-state index is 4.39. The number of piperidine rings is 1. The van der Waals surface area contributed by atoms with Gasteiger partial charge in [0, 0.05) is 54.7 Å². The standard InChI is InChI=1S/C20H25N5S/c1-23(13-14-25-10-2-9-22-25)18-7-11-24(12-8-18)19-5-3-17(4-6-19)20-15-26-16-21-20/h2-6,9-10,15-16,18H,7-8,11-14H2,1H3. The average molecular weight is 368 g/mol. The van der Waals surface area contributed by atoms with Gasteiger partial charge in [-0.3, -0.25) is 4.68 Å². The van der Waals surface area contributed by atoms with E-state index in [4.69, 9.17) is 0 Å². The van der Waals surface area contributed by atoms with Crippen molar-refractivity contribution in [3.05, 3.63) is 53.6 Å². The van der Waals surface area contributed by atoms with Gasteiger partial charge in [-0.1, -0.05) is 12.1 Å². The van der Waals surface area contributed by atoms with Crippen LogP contribution < -0.4 is 4.90 Å². The fourth-order valence-electron chi connectivity index (χ4n) is 3.64. The lowest BCUT2D eigenvalue weighted by atomic mass is 10.0. The minimum atomic E-state index is 0.663. The predicted molar refractivity (Wildman–Crippen MR) is 108 cm³/mol. The highest BCUT2D eigenvalue weighted by molar-refractivity contribution is 7.07. The van der Waals surface area contributed by atoms with Crippen LogP contribution in [0.15, 0.2) is 53.6 Å². The lowest BCUT2D eigenvalue weighted by molar-refractivity contribution is 0.199. The molecule has 1 aliphatic rings. The average Bonchev–Trinajstić information content (AvgIpc) is 3.40. The molecule has 1 aromatic carbocycles. The summed E-state index contributed by atoms with van der Waals surface area (Å²) in [6, 6.07) is 11.5. The maximum absolute atomic E-state index is 4.39. The van der Waals surface area contributed by atoms with E-state index in [1.165, 1.54) is 24.1 Å². The number of nitrogens with zero attached hydrogens (tertiary/aromatic N) is 5. The Bertz CT molecular complexity index is 774. The molecule has 3 heterocycles. The van der Waals surface area contributed by atoms with E-state index in [0.717, 1.165) is 31.9 Å². The van der Waals surface area contributed by atoms with Crippen LogP contribution in [0.1, 0.15) is 12.8 Å². The van der Waals surface area contributed by atoms with Crippen LogP contribution in [0.3, 0.4) is 0 Å². The molecule has 1 saturated heterocycles. The van der Waals surface area contributed by atoms with Crippen molar-refractivity contribution in [3.63, 3.8) is 0 Å². The van der Waals surface area contributed by atoms with Gasteiger partial charge < -0.3 is 9.80 Å². The second-order valence-electron chi connectivity index (χ2n) is 6.89. The van der Waals surface area contributed by atoms with Crippen LogP contribution in [0.2, 0.25) is 0 Å². The summed E-state index contributed by atoms with van der Waals surface area (Å²) in [5, 5.41) is 6.39. The lowest BCUT2D eigenvalue weighted by Gasteiger charge is -2.38. The van der Waals surface area contributed by atoms with E-state index in [1.807, 2.05) is 28.7 Å². The first-order valence-corrected chi connectivity index (χ1v) is 10.1. The third-order valence-electron chi connectivity index (χ3n) is 5.29. The molecular formula is C20H25N5S. The molecule has 0 bridgehead atoms. The molecule has 0 spiro atoms. The molecule has 5 nitrogen and oxygen atoms in total. The van der Waals surface area contributed by atoms with Crippen LogP contribution in [-0.2, 0) is 6.54 Å². The van der Waals surface area contributed by atoms with Gasteiger partial charge in [0.05, 0.1) is 17.7 Å². The molecule has 6 heteroatoms. The Morgan fingerprint density at radius 3 is 2.65 bits per heavy atom. The molecule has 1 aliphatic heterocycles. The summed E-state index contributed by atoms with van der Waals surface area (Å²) in [6.07, 6.45) is 6.30. The largest absolute Gasteiger partial charge is 0.371 e. The smallest absolute Gasteiger partial charge is 0.0811 e. The van der Waals surface area contributed by atoms with Crippen LogP contribution in [0.4, 0.5) is 5.69 Å². The molecule has 0 saturated carbocycles. The third-order valence-corrected chi connectivity index (χ3v) is 5.88. The summed E-state index contributed by atoms with van der Waals surface area (Å²) >= 11 is 1.64. The van der Waals surface area contributed by atoms with E-state index in [2.05, 4.69) is 56.6 Å². The molecule has 2 aromatic heterocycles. The van der Waals surface area contributed by atoms with E-state index < -0.39 is 0 Å². The molecule has 0 radical (unpaired) electrons. The molecule has 0 atom stereocenters. The van der Waals surface area contributed by atoms with E-state index in [9.17, 15) is 0 Å². The minimum absolute atomic E-state index is 0.663. The Morgan fingerprint density at radius 1 is 1.19 bits per heavy atom. The monoisotopic (exact) mass is 367 g/mol. The molecule has 0 unspecified atom stereocenters. The summed E-state index contributed by atoms with van der Waals surface area (Å²) in [4.78, 5) is 9.38. The molecular weight excluding hydrogens is 342 g/mol. The minimum Gasteiger partial charge on any atom is -0.371 e. The van der Waals surface area contributed by atoms with E-state index in [0.29, 0.717) is 6.04 Å². The number of hydrogen-bond acceptors (Lipinski definition) is 5. The van der Waals surface area contributed by atoms with Crippen molar-refractivity contribution in [1.29, 1.82) is 0 Å². The predicted octanol–water partition coefficient (Wildman–Crippen LogP) is 3.61. The van der Waals surface area contributed by atoms with Gasteiger partial charge in [-0.05, 0) is 38.1 Å². The summed E-state index contributed by atoms with van der Waals surface area (Å²) in [5.41, 5.74) is 5.47. The van der Waals surface area contributed by atoms with Gasteiger partial charge in [0.1, 0.15) is 0 Å². The van der Waals surface area contributed by atoms with E-state index >= 15 is 0 Å². The van der Waals surface area contributed by atoms with Gasteiger partial charge in [-0.15, -0.1) is 11.3 Å². The van der Waals surface area contributed by atoms with Crippen LogP contribution in [-0.4, -0.2) is 52.4 Å². The van der Waals surface area contributed by atoms with Crippen molar-refractivity contribution in [3.8, 4) is 11.3 Å². The van der Waals surface area contributed by atoms with Crippen LogP contribution in [0.25, 0.3) is 11.3 Å². The topological polar surface area (TPSA) is 37.2 Å². The fraction of sp³-hybridized carbons (Fsp3) is 0.400. The van der Waals surface area contributed by atoms with Crippen LogP contribution in [0, 0.1) is 0 Å². The van der Waals surface area contributed by atoms with E-state index in [-0.39, 0.29) is 0 Å². The van der Waals surface area contributed by atoms with Crippen LogP contribution >= 0.6 is 11.3 Å². The zero-order valence-electron chi connectivity index (χ0n) is 15.2. The number of anilines is 1. The normalized spacial score (nSPS) is 15.7. The maximum Gasteiger partial charge on any atom is 0.0811 e. The summed E-state index contributed by atoms with van der Waals surface area (Å²) < 4.78 is 2.01. The first-order valence-electron chi connectivity index (χ1n) is 9.21. The number of hydrogen-bond donors (Lipinski definition) is 0. The number of benzene rings is 1. The van der Waals surface area contributed by atoms with Gasteiger partial charge in [0.15, 0.2) is 0 Å². The van der Waals surface area contributed by atoms with Crippen molar-refractivity contribution in [1.82, 2.24) is 19.7 Å². The quantitative estimate of drug-likeness (QED) is 0.667. The van der Waals surface area contributed by atoms with Gasteiger partial charge in [0.25, 0.3) is 0 Å². The fourth-order valence-corrected chi connectivity index (χ4v) is 4.20. The van der Waals surface area contributed by atoms with E-state index in [1.54, 1.807) is 11.3 Å². The Hall–Kier alpha value is -2.18. The Morgan fingerprint density at radius 2 is 2.00 bits per heavy atom. The summed E-state index contributed by atoms with van der Waals surface area (Å²) in [5.74, 6) is 0. The Labute approximate surface area is 158 Å². The van der Waals surface area contributed by atoms with Gasteiger partial charge in [0.2, 0.25) is 0 Å². The zero-order chi connectivity index (χ0) is 17.8. The molecule has 0 N–H and O–H groups in total. The molecule has 0 amide bonds. The first-order chi connectivity index (χ1) is 12.8. The second kappa shape index (κ2) is 8.01. The number of aromatic nitrogens is 3. The third kappa shape index (κ3) is 3.97. The number of thiazole rings is 1. The van der Waals surface area contributed by atoms with Crippen molar-refractivity contribution in [2.45, 2.75) is 25.4 Å². The summed E-state index contributed by atoms with van der Waals surface area (Å²) in [7, 11) is 2.24. The lowest BCUT2D eigenvalue weighted by Crippen LogP contribution is -2.44. The summed E-state index contributed by atoms with van der Waals surface area (Å²) in [6.45, 7) is 4.25. The van der Waals surface area contributed by atoms with Gasteiger partial charge >= 0.3 is 0 Å². The van der Waals surface area contributed by atoms with Gasteiger partial charge in [-0.25, -0.2) is 4.98 Å². The Kier molecular flexibility index (Phi) is 5.32. The Balaban J connectivity index is 1.29. The SMILES string of the molecule is CN(CCn1cccn1)C1CCN(c2ccc(-c3cscn3)cc2)CC1. The second-order valence-corrected chi connectivity index (χ2v) is 7.61. The number of rotatable bonds is 6. The zero-order valence-corrected chi connectivity index (χ0v) is 16.0. The highest BCUT2D eigenvalue weighted by Crippen LogP contribution is 2.26. The van der Waals surface area contributed by atoms with Crippen molar-refractivity contribution in [2.75, 3.05) is 31.6 Å². The highest BCUT2D eigenvalue weighted by atomic mass is 32.1.